The summed E-state index contributed by atoms with van der Waals surface area (Å²) in [5.41, 5.74) is 0. The van der Waals surface area contributed by atoms with Crippen LogP contribution in [0.15, 0.2) is 0 Å². The summed E-state index contributed by atoms with van der Waals surface area (Å²) in [6, 6.07) is 0. The van der Waals surface area contributed by atoms with Crippen molar-refractivity contribution in [3.8, 4) is 0 Å². The second-order valence-corrected chi connectivity index (χ2v) is 2.33. The van der Waals surface area contributed by atoms with E-state index in [-0.39, 0.29) is 0 Å². The predicted molar refractivity (Wildman–Crippen MR) is 30.9 cm³/mol. The number of quaternary nitrogens is 1. The van der Waals surface area contributed by atoms with Crippen LogP contribution in [0.25, 0.3) is 0 Å². The van der Waals surface area contributed by atoms with Crippen molar-refractivity contribution >= 4 is 9.24 Å². The van der Waals surface area contributed by atoms with Crippen LogP contribution in [0.5, 0.6) is 0 Å². The molecule has 0 heterocycles. The Bertz CT molecular complexity index is 38.5. The van der Waals surface area contributed by atoms with Crippen molar-refractivity contribution in [3.63, 3.8) is 0 Å². The van der Waals surface area contributed by atoms with E-state index >= 15 is 0 Å². The molecule has 2 nitrogen and oxygen atoms in total. The molecule has 6 heavy (non-hydrogen) atoms. The van der Waals surface area contributed by atoms with Gasteiger partial charge in [-0.2, -0.15) is 5.84 Å². The Morgan fingerprint density at radius 3 is 1.83 bits per heavy atom. The van der Waals surface area contributed by atoms with Crippen molar-refractivity contribution in [1.82, 2.24) is 0 Å². The summed E-state index contributed by atoms with van der Waals surface area (Å²) in [6.07, 6.45) is 0.903. The summed E-state index contributed by atoms with van der Waals surface area (Å²) >= 11 is 0. The Labute approximate surface area is 41.1 Å². The zero-order chi connectivity index (χ0) is 5.21. The van der Waals surface area contributed by atoms with Gasteiger partial charge in [0.25, 0.3) is 0 Å². The first-order valence-electron chi connectivity index (χ1n) is 1.88. The van der Waals surface area contributed by atoms with Gasteiger partial charge in [0.05, 0.1) is 14.1 Å². The van der Waals surface area contributed by atoms with Crippen molar-refractivity contribution in [2.45, 2.75) is 0 Å². The highest BCUT2D eigenvalue weighted by Crippen LogP contribution is 1.88. The molecule has 0 aliphatic carbocycles. The Hall–Kier alpha value is 0.350. The predicted octanol–water partition coefficient (Wildman–Crippen LogP) is -0.231. The minimum Gasteiger partial charge on any atom is -0.250 e. The fourth-order valence-corrected chi connectivity index (χ4v) is 0. The molecule has 0 spiro atoms. The highest BCUT2D eigenvalue weighted by Gasteiger charge is 1.99. The zero-order valence-electron chi connectivity index (χ0n) is 4.31. The number of hydrogen-bond donors (Lipinski definition) is 1. The molecule has 0 rings (SSSR count). The summed E-state index contributed by atoms with van der Waals surface area (Å²) in [7, 11) is 6.45. The van der Waals surface area contributed by atoms with Crippen LogP contribution in [0.2, 0.25) is 0 Å². The number of nitrogens with zero attached hydrogens (tertiary/aromatic N) is 1. The third-order valence-electron chi connectivity index (χ3n) is 0.471. The molecular weight excluding hydrogens is 95.0 g/mol. The van der Waals surface area contributed by atoms with Crippen molar-refractivity contribution in [2.24, 2.45) is 5.84 Å². The van der Waals surface area contributed by atoms with Crippen LogP contribution in [0.4, 0.5) is 0 Å². The largest absolute Gasteiger partial charge is 0.250 e. The van der Waals surface area contributed by atoms with Gasteiger partial charge >= 0.3 is 0 Å². The topological polar surface area (TPSA) is 26.0 Å². The molecule has 0 saturated heterocycles. The minimum atomic E-state index is 0.532. The molecule has 38 valence electrons. The van der Waals surface area contributed by atoms with Gasteiger partial charge in [-0.1, -0.05) is 9.24 Å². The van der Waals surface area contributed by atoms with E-state index in [1.54, 1.807) is 0 Å². The lowest BCUT2D eigenvalue weighted by Gasteiger charge is -2.18. The van der Waals surface area contributed by atoms with Crippen LogP contribution < -0.4 is 5.84 Å². The van der Waals surface area contributed by atoms with Gasteiger partial charge in [0.1, 0.15) is 6.29 Å². The fourth-order valence-electron chi connectivity index (χ4n) is 0. The second kappa shape index (κ2) is 1.87. The van der Waals surface area contributed by atoms with Crippen molar-refractivity contribution in [3.05, 3.63) is 0 Å². The summed E-state index contributed by atoms with van der Waals surface area (Å²) in [6.45, 7) is 0. The van der Waals surface area contributed by atoms with Crippen LogP contribution in [-0.2, 0) is 0 Å². The van der Waals surface area contributed by atoms with E-state index in [1.807, 2.05) is 14.1 Å². The van der Waals surface area contributed by atoms with Gasteiger partial charge in [-0.25, -0.2) is 0 Å². The molecule has 0 saturated carbocycles. The van der Waals surface area contributed by atoms with E-state index in [0.717, 1.165) is 6.29 Å². The first-order chi connectivity index (χ1) is 2.56. The van der Waals surface area contributed by atoms with Gasteiger partial charge in [-0.3, -0.25) is 4.59 Å². The summed E-state index contributed by atoms with van der Waals surface area (Å²) in [5, 5.41) is 0. The first kappa shape index (κ1) is 6.35. The molecule has 0 fully saturated rings. The van der Waals surface area contributed by atoms with Crippen LogP contribution in [0, 0.1) is 0 Å². The van der Waals surface area contributed by atoms with Gasteiger partial charge < -0.3 is 0 Å². The standard InChI is InChI=1S/C3H12N2P/c1-5(2,4)3-6/h3-4,6H2,1-2H3/q+1. The molecule has 0 aromatic heterocycles. The molecule has 0 aliphatic rings. The SMILES string of the molecule is C[N+](C)(N)CP. The van der Waals surface area contributed by atoms with Gasteiger partial charge in [0.2, 0.25) is 0 Å². The third kappa shape index (κ3) is 4.35. The highest BCUT2D eigenvalue weighted by molar-refractivity contribution is 7.16. The average Bonchev–Trinajstić information content (AvgIpc) is 1.35. The number of hydrogen-bond acceptors (Lipinski definition) is 1. The molecule has 0 aliphatic heterocycles. The molecule has 3 heteroatoms. The smallest absolute Gasteiger partial charge is 0.108 e. The summed E-state index contributed by atoms with van der Waals surface area (Å²) in [4.78, 5) is 0. The van der Waals surface area contributed by atoms with Crippen LogP contribution in [-0.4, -0.2) is 25.0 Å². The molecule has 2 N–H and O–H groups in total. The normalized spacial score (nSPS) is 12.0. The average molecular weight is 107 g/mol. The van der Waals surface area contributed by atoms with Gasteiger partial charge in [-0.05, 0) is 0 Å². The van der Waals surface area contributed by atoms with Gasteiger partial charge in [-0.15, -0.1) is 0 Å². The van der Waals surface area contributed by atoms with Crippen LogP contribution >= 0.6 is 9.24 Å². The van der Waals surface area contributed by atoms with E-state index in [4.69, 9.17) is 5.84 Å². The van der Waals surface area contributed by atoms with Gasteiger partial charge in [0, 0.05) is 0 Å². The van der Waals surface area contributed by atoms with Gasteiger partial charge in [0.15, 0.2) is 0 Å². The molecule has 0 radical (unpaired) electrons. The number of nitrogens with two attached hydrogens (primary N) is 1. The Morgan fingerprint density at radius 1 is 1.67 bits per heavy atom. The van der Waals surface area contributed by atoms with E-state index in [0.29, 0.717) is 4.59 Å². The first-order valence-corrected chi connectivity index (χ1v) is 2.69. The highest BCUT2D eigenvalue weighted by atomic mass is 31.0. The monoisotopic (exact) mass is 107 g/mol. The molecule has 0 aromatic rings. The molecule has 0 bridgehead atoms. The molecular formula is C3H12N2P+. The second-order valence-electron chi connectivity index (χ2n) is 1.96. The van der Waals surface area contributed by atoms with Crippen molar-refractivity contribution < 1.29 is 4.59 Å². The molecule has 1 atom stereocenters. The quantitative estimate of drug-likeness (QED) is 0.213. The number of rotatable bonds is 1. The Morgan fingerprint density at radius 2 is 1.83 bits per heavy atom. The van der Waals surface area contributed by atoms with E-state index < -0.39 is 0 Å². The van der Waals surface area contributed by atoms with E-state index in [1.165, 1.54) is 0 Å². The van der Waals surface area contributed by atoms with Crippen LogP contribution in [0.3, 0.4) is 0 Å². The zero-order valence-corrected chi connectivity index (χ0v) is 5.46. The molecule has 0 aromatic carbocycles. The Kier molecular flexibility index (Phi) is 1.98. The van der Waals surface area contributed by atoms with E-state index in [9.17, 15) is 0 Å². The third-order valence-corrected chi connectivity index (χ3v) is 1.41. The minimum absolute atomic E-state index is 0.532. The maximum absolute atomic E-state index is 5.45. The summed E-state index contributed by atoms with van der Waals surface area (Å²) < 4.78 is 0.532. The lowest BCUT2D eigenvalue weighted by molar-refractivity contribution is -0.890. The summed E-state index contributed by atoms with van der Waals surface area (Å²) in [5.74, 6) is 5.45. The lowest BCUT2D eigenvalue weighted by Crippen LogP contribution is -2.45. The molecule has 0 amide bonds. The van der Waals surface area contributed by atoms with E-state index in [2.05, 4.69) is 9.24 Å². The van der Waals surface area contributed by atoms with Crippen molar-refractivity contribution in [1.29, 1.82) is 0 Å². The van der Waals surface area contributed by atoms with Crippen molar-refractivity contribution in [2.75, 3.05) is 20.4 Å². The molecule has 1 unspecified atom stereocenters. The fraction of sp³-hybridized carbons (Fsp3) is 1.00. The maximum atomic E-state index is 5.45. The lowest BCUT2D eigenvalue weighted by atomic mass is 10.9. The Balaban J connectivity index is 3.17. The maximum Gasteiger partial charge on any atom is 0.108 e. The van der Waals surface area contributed by atoms with Crippen LogP contribution in [0.1, 0.15) is 0 Å².